The molecule has 0 amide bonds. The summed E-state index contributed by atoms with van der Waals surface area (Å²) in [5, 5.41) is 2.34. The van der Waals surface area contributed by atoms with Gasteiger partial charge in [-0.15, -0.1) is 0 Å². The molecule has 5 heteroatoms. The van der Waals surface area contributed by atoms with E-state index in [4.69, 9.17) is 9.72 Å². The lowest BCUT2D eigenvalue weighted by Gasteiger charge is -2.28. The van der Waals surface area contributed by atoms with E-state index in [-0.39, 0.29) is 16.2 Å². The standard InChI is InChI=1S/C54H52N4O/c1-52(2,3)42-32-44(57-30-29-56(37-57)43-22-16-21-40(31-43)53(4,5)38-17-10-8-11-18-38)35-46(33-42)59-45-25-26-48-47-23-14-15-24-49(47)58(50(48)36-45)51-34-41(27-28-55-51)54(6,7)39-19-12-9-13-20-39/h8-36H,37H2,1-7H3. The number of hydrogen-bond donors (Lipinski definition) is 0. The molecule has 5 nitrogen and oxygen atoms in total. The Bertz CT molecular complexity index is 2830. The Labute approximate surface area is 348 Å². The van der Waals surface area contributed by atoms with Crippen molar-refractivity contribution in [2.75, 3.05) is 16.5 Å². The molecule has 1 aliphatic rings. The van der Waals surface area contributed by atoms with E-state index in [0.717, 1.165) is 39.4 Å². The van der Waals surface area contributed by atoms with Crippen LogP contribution < -0.4 is 14.5 Å². The van der Waals surface area contributed by atoms with Gasteiger partial charge in [0.2, 0.25) is 0 Å². The summed E-state index contributed by atoms with van der Waals surface area (Å²) in [6, 6.07) is 56.4. The van der Waals surface area contributed by atoms with Gasteiger partial charge < -0.3 is 14.5 Å². The van der Waals surface area contributed by atoms with Gasteiger partial charge in [0.05, 0.1) is 17.7 Å². The van der Waals surface area contributed by atoms with Crippen LogP contribution in [-0.2, 0) is 16.2 Å². The number of ether oxygens (including phenoxy) is 1. The molecule has 0 aliphatic carbocycles. The van der Waals surface area contributed by atoms with E-state index in [1.165, 1.54) is 38.9 Å². The van der Waals surface area contributed by atoms with Crippen LogP contribution in [0.2, 0.25) is 0 Å². The summed E-state index contributed by atoms with van der Waals surface area (Å²) in [6.45, 7) is 16.6. The Hall–Kier alpha value is -6.59. The summed E-state index contributed by atoms with van der Waals surface area (Å²) >= 11 is 0. The number of benzene rings is 6. The van der Waals surface area contributed by atoms with Crippen LogP contribution in [0.4, 0.5) is 11.4 Å². The minimum Gasteiger partial charge on any atom is -0.457 e. The fraction of sp³-hybridized carbons (Fsp3) is 0.204. The lowest BCUT2D eigenvalue weighted by molar-refractivity contribution is 0.479. The Morgan fingerprint density at radius 1 is 0.458 bits per heavy atom. The number of aromatic nitrogens is 2. The van der Waals surface area contributed by atoms with Crippen molar-refractivity contribution in [2.45, 2.75) is 64.7 Å². The van der Waals surface area contributed by atoms with Crippen molar-refractivity contribution in [1.29, 1.82) is 0 Å². The number of pyridine rings is 1. The average Bonchev–Trinajstić information content (AvgIpc) is 3.88. The molecule has 6 aromatic carbocycles. The van der Waals surface area contributed by atoms with E-state index in [9.17, 15) is 0 Å². The van der Waals surface area contributed by atoms with Crippen molar-refractivity contribution in [3.63, 3.8) is 0 Å². The summed E-state index contributed by atoms with van der Waals surface area (Å²) in [5.74, 6) is 2.46. The molecule has 59 heavy (non-hydrogen) atoms. The third-order valence-electron chi connectivity index (χ3n) is 12.3. The molecule has 0 N–H and O–H groups in total. The quantitative estimate of drug-likeness (QED) is 0.146. The predicted molar refractivity (Wildman–Crippen MR) is 246 cm³/mol. The zero-order valence-electron chi connectivity index (χ0n) is 35.1. The number of nitrogens with zero attached hydrogens (tertiary/aromatic N) is 4. The molecule has 0 fully saturated rings. The third-order valence-corrected chi connectivity index (χ3v) is 12.3. The van der Waals surface area contributed by atoms with Crippen molar-refractivity contribution in [3.8, 4) is 17.3 Å². The first-order valence-electron chi connectivity index (χ1n) is 20.6. The molecular formula is C54H52N4O. The average molecular weight is 773 g/mol. The maximum Gasteiger partial charge on any atom is 0.137 e. The Morgan fingerprint density at radius 3 is 1.75 bits per heavy atom. The highest BCUT2D eigenvalue weighted by molar-refractivity contribution is 6.09. The first-order valence-corrected chi connectivity index (χ1v) is 20.6. The van der Waals surface area contributed by atoms with Gasteiger partial charge in [-0.3, -0.25) is 4.57 Å². The van der Waals surface area contributed by atoms with E-state index in [1.807, 2.05) is 6.20 Å². The van der Waals surface area contributed by atoms with E-state index >= 15 is 0 Å². The van der Waals surface area contributed by atoms with Gasteiger partial charge in [-0.1, -0.05) is 139 Å². The summed E-state index contributed by atoms with van der Waals surface area (Å²) in [5.41, 5.74) is 10.3. The summed E-state index contributed by atoms with van der Waals surface area (Å²) < 4.78 is 9.13. The minimum absolute atomic E-state index is 0.0881. The van der Waals surface area contributed by atoms with Crippen LogP contribution in [-0.4, -0.2) is 16.2 Å². The fourth-order valence-electron chi connectivity index (χ4n) is 8.44. The van der Waals surface area contributed by atoms with Gasteiger partial charge in [-0.05, 0) is 87.8 Å². The minimum atomic E-state index is -0.202. The normalized spacial score (nSPS) is 13.5. The maximum atomic E-state index is 6.85. The molecule has 0 saturated heterocycles. The first-order chi connectivity index (χ1) is 28.4. The van der Waals surface area contributed by atoms with Crippen LogP contribution >= 0.6 is 0 Å². The number of rotatable bonds is 9. The molecule has 2 aromatic heterocycles. The smallest absolute Gasteiger partial charge is 0.137 e. The molecule has 9 rings (SSSR count). The SMILES string of the molecule is CC(C)(C)c1cc(Oc2ccc3c4ccccc4n(-c4cc(C(C)(C)c5ccccc5)ccn4)c3c2)cc(N2C=CN(c3cccc(C(C)(C)c4ccccc4)c3)C2)c1. The monoisotopic (exact) mass is 772 g/mol. The van der Waals surface area contributed by atoms with E-state index < -0.39 is 0 Å². The number of para-hydroxylation sites is 1. The van der Waals surface area contributed by atoms with Gasteiger partial charge in [0.15, 0.2) is 0 Å². The van der Waals surface area contributed by atoms with Gasteiger partial charge in [-0.25, -0.2) is 4.98 Å². The predicted octanol–water partition coefficient (Wildman–Crippen LogP) is 13.7. The highest BCUT2D eigenvalue weighted by Gasteiger charge is 2.27. The molecule has 1 aliphatic heterocycles. The lowest BCUT2D eigenvalue weighted by Crippen LogP contribution is -2.26. The van der Waals surface area contributed by atoms with Crippen LogP contribution in [0.25, 0.3) is 27.6 Å². The number of hydrogen-bond acceptors (Lipinski definition) is 4. The van der Waals surface area contributed by atoms with Gasteiger partial charge >= 0.3 is 0 Å². The van der Waals surface area contributed by atoms with E-state index in [2.05, 4.69) is 233 Å². The summed E-state index contributed by atoms with van der Waals surface area (Å²) in [7, 11) is 0. The Kier molecular flexibility index (Phi) is 9.43. The summed E-state index contributed by atoms with van der Waals surface area (Å²) in [4.78, 5) is 9.57. The molecule has 0 atom stereocenters. The lowest BCUT2D eigenvalue weighted by atomic mass is 9.78. The van der Waals surface area contributed by atoms with Crippen LogP contribution in [0, 0.1) is 0 Å². The Balaban J connectivity index is 1.04. The van der Waals surface area contributed by atoms with Crippen LogP contribution in [0.15, 0.2) is 176 Å². The molecular weight excluding hydrogens is 721 g/mol. The maximum absolute atomic E-state index is 6.85. The second-order valence-electron chi connectivity index (χ2n) is 17.9. The molecule has 0 spiro atoms. The molecule has 294 valence electrons. The van der Waals surface area contributed by atoms with Gasteiger partial charge in [0.25, 0.3) is 0 Å². The number of fused-ring (bicyclic) bond motifs is 3. The fourth-order valence-corrected chi connectivity index (χ4v) is 8.44. The topological polar surface area (TPSA) is 33.5 Å². The van der Waals surface area contributed by atoms with Crippen LogP contribution in [0.5, 0.6) is 11.5 Å². The third kappa shape index (κ3) is 7.16. The second kappa shape index (κ2) is 14.7. The van der Waals surface area contributed by atoms with E-state index in [0.29, 0.717) is 6.67 Å². The van der Waals surface area contributed by atoms with Crippen LogP contribution in [0.1, 0.15) is 76.3 Å². The van der Waals surface area contributed by atoms with Gasteiger partial charge in [0.1, 0.15) is 17.3 Å². The largest absolute Gasteiger partial charge is 0.457 e. The molecule has 0 bridgehead atoms. The molecule has 0 radical (unpaired) electrons. The van der Waals surface area contributed by atoms with Crippen LogP contribution in [0.3, 0.4) is 0 Å². The van der Waals surface area contributed by atoms with Crippen molar-refractivity contribution in [3.05, 3.63) is 204 Å². The van der Waals surface area contributed by atoms with Crippen molar-refractivity contribution >= 4 is 33.2 Å². The van der Waals surface area contributed by atoms with Gasteiger partial charge in [-0.2, -0.15) is 0 Å². The highest BCUT2D eigenvalue weighted by atomic mass is 16.5. The molecule has 0 unspecified atom stereocenters. The molecule has 0 saturated carbocycles. The summed E-state index contributed by atoms with van der Waals surface area (Å²) in [6.07, 6.45) is 6.28. The molecule has 3 heterocycles. The number of anilines is 2. The first kappa shape index (κ1) is 38.0. The zero-order chi connectivity index (χ0) is 40.9. The molecule has 8 aromatic rings. The van der Waals surface area contributed by atoms with Crippen molar-refractivity contribution < 1.29 is 4.74 Å². The highest BCUT2D eigenvalue weighted by Crippen LogP contribution is 2.40. The second-order valence-corrected chi connectivity index (χ2v) is 17.9. The van der Waals surface area contributed by atoms with Crippen molar-refractivity contribution in [2.24, 2.45) is 0 Å². The van der Waals surface area contributed by atoms with E-state index in [1.54, 1.807) is 0 Å². The van der Waals surface area contributed by atoms with Crippen molar-refractivity contribution in [1.82, 2.24) is 9.55 Å². The zero-order valence-corrected chi connectivity index (χ0v) is 35.1. The van der Waals surface area contributed by atoms with Gasteiger partial charge in [0, 0.05) is 63.7 Å². The Morgan fingerprint density at radius 2 is 1.05 bits per heavy atom.